The van der Waals surface area contributed by atoms with Gasteiger partial charge in [-0.1, -0.05) is 48.0 Å². The highest BCUT2D eigenvalue weighted by atomic mass is 35.5. The van der Waals surface area contributed by atoms with Gasteiger partial charge in [-0.05, 0) is 55.5 Å². The van der Waals surface area contributed by atoms with Crippen LogP contribution in [0.15, 0.2) is 42.5 Å². The van der Waals surface area contributed by atoms with E-state index in [0.29, 0.717) is 12.6 Å². The lowest BCUT2D eigenvalue weighted by molar-refractivity contribution is 0.177. The van der Waals surface area contributed by atoms with Crippen molar-refractivity contribution < 1.29 is 9.53 Å². The van der Waals surface area contributed by atoms with Crippen molar-refractivity contribution in [3.05, 3.63) is 58.6 Å². The number of amides is 1. The van der Waals surface area contributed by atoms with Crippen molar-refractivity contribution in [2.24, 2.45) is 0 Å². The minimum atomic E-state index is -0.356. The molecule has 1 unspecified atom stereocenters. The highest BCUT2D eigenvalue weighted by Crippen LogP contribution is 2.30. The van der Waals surface area contributed by atoms with Gasteiger partial charge in [-0.3, -0.25) is 0 Å². The Bertz CT molecular complexity index is 822. The van der Waals surface area contributed by atoms with E-state index in [1.165, 1.54) is 24.9 Å². The van der Waals surface area contributed by atoms with E-state index < -0.39 is 0 Å². The van der Waals surface area contributed by atoms with E-state index >= 15 is 0 Å². The van der Waals surface area contributed by atoms with E-state index in [9.17, 15) is 4.79 Å². The summed E-state index contributed by atoms with van der Waals surface area (Å²) < 4.78 is 4.96. The number of likely N-dealkylation sites (tertiary alicyclic amines) is 1. The van der Waals surface area contributed by atoms with Crippen LogP contribution in [0.25, 0.3) is 11.1 Å². The summed E-state index contributed by atoms with van der Waals surface area (Å²) in [5.41, 5.74) is 4.43. The minimum absolute atomic E-state index is 0.0719. The number of carbonyl (C=O) groups is 1. The molecule has 0 aliphatic carbocycles. The van der Waals surface area contributed by atoms with Gasteiger partial charge in [0.25, 0.3) is 0 Å². The summed E-state index contributed by atoms with van der Waals surface area (Å²) in [7, 11) is 0. The number of carbonyl (C=O) groups excluding carboxylic acids is 1. The van der Waals surface area contributed by atoms with Gasteiger partial charge in [0.05, 0.1) is 6.04 Å². The molecule has 2 fully saturated rings. The number of nitrogens with one attached hydrogen (secondary N) is 1. The summed E-state index contributed by atoms with van der Waals surface area (Å²) in [5.74, 6) is 0. The predicted molar refractivity (Wildman–Crippen MR) is 108 cm³/mol. The number of hydrogen-bond donors (Lipinski definition) is 1. The topological polar surface area (TPSA) is 41.6 Å². The third kappa shape index (κ3) is 4.12. The van der Waals surface area contributed by atoms with Crippen LogP contribution in [-0.4, -0.2) is 36.7 Å². The van der Waals surface area contributed by atoms with E-state index in [-0.39, 0.29) is 12.1 Å². The van der Waals surface area contributed by atoms with Crippen molar-refractivity contribution >= 4 is 17.7 Å². The summed E-state index contributed by atoms with van der Waals surface area (Å²) in [6.07, 6.45) is 3.30. The van der Waals surface area contributed by atoms with Gasteiger partial charge in [0.15, 0.2) is 0 Å². The highest BCUT2D eigenvalue weighted by molar-refractivity contribution is 6.33. The molecule has 0 bridgehead atoms. The first-order valence-electron chi connectivity index (χ1n) is 9.66. The monoisotopic (exact) mass is 384 g/mol. The number of nitrogens with zero attached hydrogens (tertiary/aromatic N) is 1. The summed E-state index contributed by atoms with van der Waals surface area (Å²) in [6.45, 7) is 5.01. The molecular weight excluding hydrogens is 360 g/mol. The van der Waals surface area contributed by atoms with Crippen molar-refractivity contribution in [3.8, 4) is 11.1 Å². The van der Waals surface area contributed by atoms with Crippen LogP contribution in [0.1, 0.15) is 36.9 Å². The van der Waals surface area contributed by atoms with Crippen LogP contribution in [0.4, 0.5) is 4.79 Å². The Morgan fingerprint density at radius 2 is 2.04 bits per heavy atom. The Balaban J connectivity index is 1.43. The molecule has 2 aromatic carbocycles. The smallest absolute Gasteiger partial charge is 0.407 e. The Morgan fingerprint density at radius 1 is 1.22 bits per heavy atom. The lowest BCUT2D eigenvalue weighted by Gasteiger charge is -2.20. The fraction of sp³-hybridized carbons (Fsp3) is 0.409. The van der Waals surface area contributed by atoms with Gasteiger partial charge in [-0.25, -0.2) is 4.79 Å². The average molecular weight is 385 g/mol. The van der Waals surface area contributed by atoms with Crippen molar-refractivity contribution in [2.75, 3.05) is 19.7 Å². The Morgan fingerprint density at radius 3 is 2.67 bits per heavy atom. The summed E-state index contributed by atoms with van der Waals surface area (Å²) in [5, 5.41) is 3.58. The molecule has 4 rings (SSSR count). The molecule has 2 aliphatic heterocycles. The van der Waals surface area contributed by atoms with Crippen LogP contribution in [0.5, 0.6) is 0 Å². The van der Waals surface area contributed by atoms with E-state index in [1.54, 1.807) is 0 Å². The minimum Gasteiger partial charge on any atom is -0.447 e. The SMILES string of the molecule is C[C@H]1CCCN1CCc1ccc(-c2ccc(C3COC(=O)N3)cc2)c(Cl)c1. The number of rotatable bonds is 5. The molecule has 0 spiro atoms. The second-order valence-electron chi connectivity index (χ2n) is 7.51. The van der Waals surface area contributed by atoms with Crippen LogP contribution in [0.2, 0.25) is 5.02 Å². The zero-order chi connectivity index (χ0) is 18.8. The molecule has 1 amide bonds. The van der Waals surface area contributed by atoms with Gasteiger partial charge in [0.2, 0.25) is 0 Å². The summed E-state index contributed by atoms with van der Waals surface area (Å²) >= 11 is 6.58. The number of alkyl carbamates (subject to hydrolysis) is 1. The molecule has 5 heteroatoms. The van der Waals surface area contributed by atoms with E-state index in [4.69, 9.17) is 16.3 Å². The normalized spacial score (nSPS) is 22.7. The van der Waals surface area contributed by atoms with Crippen LogP contribution >= 0.6 is 11.6 Å². The molecule has 2 aromatic rings. The first-order valence-corrected chi connectivity index (χ1v) is 10.0. The van der Waals surface area contributed by atoms with E-state index in [0.717, 1.165) is 34.7 Å². The molecule has 0 aromatic heterocycles. The third-order valence-corrected chi connectivity index (χ3v) is 6.02. The van der Waals surface area contributed by atoms with Crippen molar-refractivity contribution in [1.29, 1.82) is 0 Å². The second kappa shape index (κ2) is 7.91. The quantitative estimate of drug-likeness (QED) is 0.803. The molecule has 2 aliphatic rings. The lowest BCUT2D eigenvalue weighted by Crippen LogP contribution is -2.28. The van der Waals surface area contributed by atoms with Crippen molar-refractivity contribution in [1.82, 2.24) is 10.2 Å². The molecule has 0 saturated carbocycles. The second-order valence-corrected chi connectivity index (χ2v) is 7.92. The van der Waals surface area contributed by atoms with E-state index in [1.807, 2.05) is 24.3 Å². The largest absolute Gasteiger partial charge is 0.447 e. The fourth-order valence-corrected chi connectivity index (χ4v) is 4.32. The number of halogens is 1. The van der Waals surface area contributed by atoms with Crippen LogP contribution in [0.3, 0.4) is 0 Å². The molecule has 142 valence electrons. The molecule has 27 heavy (non-hydrogen) atoms. The third-order valence-electron chi connectivity index (χ3n) is 5.71. The number of ether oxygens (including phenoxy) is 1. The Hall–Kier alpha value is -2.04. The van der Waals surface area contributed by atoms with Crippen LogP contribution in [0, 0.1) is 0 Å². The Kier molecular flexibility index (Phi) is 5.37. The maximum atomic E-state index is 11.2. The number of benzene rings is 2. The standard InChI is InChI=1S/C22H25ClN2O2/c1-15-3-2-11-25(15)12-10-16-4-9-19(20(23)13-16)17-5-7-18(8-6-17)21-14-27-22(26)24-21/h4-9,13,15,21H,2-3,10-12,14H2,1H3,(H,24,26)/t15-,21?/m0/s1. The van der Waals surface area contributed by atoms with Gasteiger partial charge >= 0.3 is 6.09 Å². The van der Waals surface area contributed by atoms with Gasteiger partial charge in [-0.2, -0.15) is 0 Å². The van der Waals surface area contributed by atoms with Crippen LogP contribution < -0.4 is 5.32 Å². The molecule has 2 atom stereocenters. The summed E-state index contributed by atoms with van der Waals surface area (Å²) in [6, 6.07) is 15.2. The zero-order valence-electron chi connectivity index (χ0n) is 15.6. The molecule has 1 N–H and O–H groups in total. The maximum Gasteiger partial charge on any atom is 0.407 e. The molecular formula is C22H25ClN2O2. The number of cyclic esters (lactones) is 1. The maximum absolute atomic E-state index is 11.2. The van der Waals surface area contributed by atoms with Gasteiger partial charge in [0.1, 0.15) is 6.61 Å². The van der Waals surface area contributed by atoms with Gasteiger partial charge in [0, 0.05) is 23.2 Å². The van der Waals surface area contributed by atoms with Crippen LogP contribution in [-0.2, 0) is 11.2 Å². The predicted octanol–water partition coefficient (Wildman–Crippen LogP) is 4.81. The van der Waals surface area contributed by atoms with Crippen molar-refractivity contribution in [3.63, 3.8) is 0 Å². The zero-order valence-corrected chi connectivity index (χ0v) is 16.3. The van der Waals surface area contributed by atoms with Crippen molar-refractivity contribution in [2.45, 2.75) is 38.3 Å². The van der Waals surface area contributed by atoms with Gasteiger partial charge < -0.3 is 15.0 Å². The average Bonchev–Trinajstić information content (AvgIpc) is 3.28. The molecule has 2 saturated heterocycles. The molecule has 2 heterocycles. The number of hydrogen-bond acceptors (Lipinski definition) is 3. The first kappa shape index (κ1) is 18.3. The highest BCUT2D eigenvalue weighted by Gasteiger charge is 2.23. The Labute approximate surface area is 165 Å². The van der Waals surface area contributed by atoms with Gasteiger partial charge in [-0.15, -0.1) is 0 Å². The fourth-order valence-electron chi connectivity index (χ4n) is 4.01. The molecule has 4 nitrogen and oxygen atoms in total. The molecule has 0 radical (unpaired) electrons. The summed E-state index contributed by atoms with van der Waals surface area (Å²) in [4.78, 5) is 13.8. The van der Waals surface area contributed by atoms with E-state index in [2.05, 4.69) is 35.3 Å². The lowest BCUT2D eigenvalue weighted by atomic mass is 9.99. The first-order chi connectivity index (χ1) is 13.1.